The molecule has 2 aromatic carbocycles. The van der Waals surface area contributed by atoms with E-state index in [1.807, 2.05) is 24.3 Å². The summed E-state index contributed by atoms with van der Waals surface area (Å²) in [5.74, 6) is 0.881. The standard InChI is InChI=1S/C15H14BrN3/c1-9-5-12(16)7-13-14(9)19-15(18-13)11-4-2-3-10(6-11)8-17/h2-7H,8,17H2,1H3,(H,18,19). The number of H-pyrrole nitrogens is 1. The number of hydrogen-bond acceptors (Lipinski definition) is 2. The lowest BCUT2D eigenvalue weighted by molar-refractivity contribution is 1.07. The Morgan fingerprint density at radius 1 is 1.26 bits per heavy atom. The number of nitrogens with one attached hydrogen (secondary N) is 1. The summed E-state index contributed by atoms with van der Waals surface area (Å²) in [5.41, 5.74) is 11.1. The molecular formula is C15H14BrN3. The van der Waals surface area contributed by atoms with Crippen molar-refractivity contribution in [1.82, 2.24) is 9.97 Å². The van der Waals surface area contributed by atoms with E-state index in [0.29, 0.717) is 6.54 Å². The molecule has 0 unspecified atom stereocenters. The lowest BCUT2D eigenvalue weighted by atomic mass is 10.1. The number of halogens is 1. The third-order valence-corrected chi connectivity index (χ3v) is 3.64. The first-order chi connectivity index (χ1) is 9.17. The molecule has 0 bridgehead atoms. The minimum atomic E-state index is 0.540. The molecule has 3 nitrogen and oxygen atoms in total. The number of benzene rings is 2. The molecule has 96 valence electrons. The van der Waals surface area contributed by atoms with Crippen LogP contribution in [0.4, 0.5) is 0 Å². The molecule has 0 aliphatic carbocycles. The van der Waals surface area contributed by atoms with Crippen LogP contribution in [0, 0.1) is 6.92 Å². The van der Waals surface area contributed by atoms with Gasteiger partial charge in [0, 0.05) is 16.6 Å². The second-order valence-corrected chi connectivity index (χ2v) is 5.52. The molecule has 1 aromatic heterocycles. The average molecular weight is 316 g/mol. The van der Waals surface area contributed by atoms with Gasteiger partial charge < -0.3 is 10.7 Å². The van der Waals surface area contributed by atoms with Crippen molar-refractivity contribution in [2.24, 2.45) is 5.73 Å². The summed E-state index contributed by atoms with van der Waals surface area (Å²) >= 11 is 3.51. The number of nitrogens with zero attached hydrogens (tertiary/aromatic N) is 1. The zero-order valence-electron chi connectivity index (χ0n) is 10.6. The molecule has 0 radical (unpaired) electrons. The monoisotopic (exact) mass is 315 g/mol. The van der Waals surface area contributed by atoms with E-state index in [1.165, 1.54) is 0 Å². The number of aryl methyl sites for hydroxylation is 1. The summed E-state index contributed by atoms with van der Waals surface area (Å²) in [7, 11) is 0. The summed E-state index contributed by atoms with van der Waals surface area (Å²) in [6.45, 7) is 2.60. The summed E-state index contributed by atoms with van der Waals surface area (Å²) in [6.07, 6.45) is 0. The maximum Gasteiger partial charge on any atom is 0.138 e. The molecule has 3 rings (SSSR count). The van der Waals surface area contributed by atoms with Crippen LogP contribution in [0.2, 0.25) is 0 Å². The fourth-order valence-electron chi connectivity index (χ4n) is 2.23. The van der Waals surface area contributed by atoms with E-state index in [2.05, 4.69) is 45.0 Å². The van der Waals surface area contributed by atoms with Gasteiger partial charge >= 0.3 is 0 Å². The van der Waals surface area contributed by atoms with Crippen LogP contribution in [-0.2, 0) is 6.54 Å². The highest BCUT2D eigenvalue weighted by molar-refractivity contribution is 9.10. The zero-order valence-corrected chi connectivity index (χ0v) is 12.2. The van der Waals surface area contributed by atoms with Crippen molar-refractivity contribution >= 4 is 27.0 Å². The van der Waals surface area contributed by atoms with Crippen LogP contribution in [0.15, 0.2) is 40.9 Å². The van der Waals surface area contributed by atoms with Crippen molar-refractivity contribution in [2.75, 3.05) is 0 Å². The van der Waals surface area contributed by atoms with E-state index in [0.717, 1.165) is 38.0 Å². The van der Waals surface area contributed by atoms with Crippen molar-refractivity contribution in [1.29, 1.82) is 0 Å². The van der Waals surface area contributed by atoms with Gasteiger partial charge in [-0.25, -0.2) is 4.98 Å². The SMILES string of the molecule is Cc1cc(Br)cc2[nH]c(-c3cccc(CN)c3)nc12. The fourth-order valence-corrected chi connectivity index (χ4v) is 2.80. The van der Waals surface area contributed by atoms with Crippen molar-refractivity contribution in [3.05, 3.63) is 52.0 Å². The molecule has 0 spiro atoms. The van der Waals surface area contributed by atoms with E-state index >= 15 is 0 Å². The van der Waals surface area contributed by atoms with Crippen LogP contribution in [0.1, 0.15) is 11.1 Å². The third-order valence-electron chi connectivity index (χ3n) is 3.18. The normalized spacial score (nSPS) is 11.1. The van der Waals surface area contributed by atoms with Gasteiger partial charge in [-0.15, -0.1) is 0 Å². The highest BCUT2D eigenvalue weighted by Crippen LogP contribution is 2.26. The Bertz CT molecular complexity index is 746. The Morgan fingerprint density at radius 3 is 2.89 bits per heavy atom. The Kier molecular flexibility index (Phi) is 3.12. The zero-order chi connectivity index (χ0) is 13.4. The first-order valence-electron chi connectivity index (χ1n) is 6.12. The van der Waals surface area contributed by atoms with Crippen molar-refractivity contribution in [3.8, 4) is 11.4 Å². The summed E-state index contributed by atoms with van der Waals surface area (Å²) < 4.78 is 1.06. The van der Waals surface area contributed by atoms with Crippen LogP contribution in [0.25, 0.3) is 22.4 Å². The molecule has 0 fully saturated rings. The van der Waals surface area contributed by atoms with Gasteiger partial charge in [-0.2, -0.15) is 0 Å². The lowest BCUT2D eigenvalue weighted by Crippen LogP contribution is -1.95. The third kappa shape index (κ3) is 2.29. The van der Waals surface area contributed by atoms with Crippen molar-refractivity contribution in [2.45, 2.75) is 13.5 Å². The number of aromatic nitrogens is 2. The van der Waals surface area contributed by atoms with Gasteiger partial charge in [-0.3, -0.25) is 0 Å². The quantitative estimate of drug-likeness (QED) is 0.756. The number of fused-ring (bicyclic) bond motifs is 1. The minimum Gasteiger partial charge on any atom is -0.338 e. The van der Waals surface area contributed by atoms with Crippen LogP contribution in [0.3, 0.4) is 0 Å². The molecule has 4 heteroatoms. The fraction of sp³-hybridized carbons (Fsp3) is 0.133. The Labute approximate surface area is 120 Å². The molecule has 3 aromatic rings. The molecule has 3 N–H and O–H groups in total. The van der Waals surface area contributed by atoms with Crippen molar-refractivity contribution in [3.63, 3.8) is 0 Å². The molecular weight excluding hydrogens is 302 g/mol. The van der Waals surface area contributed by atoms with Gasteiger partial charge in [0.1, 0.15) is 5.82 Å². The number of hydrogen-bond donors (Lipinski definition) is 2. The Hall–Kier alpha value is -1.65. The van der Waals surface area contributed by atoms with Crippen LogP contribution in [-0.4, -0.2) is 9.97 Å². The molecule has 0 aliphatic heterocycles. The van der Waals surface area contributed by atoms with E-state index in [4.69, 9.17) is 5.73 Å². The molecule has 0 atom stereocenters. The van der Waals surface area contributed by atoms with Crippen molar-refractivity contribution < 1.29 is 0 Å². The first kappa shape index (κ1) is 12.4. The molecule has 0 aliphatic rings. The predicted molar refractivity (Wildman–Crippen MR) is 81.9 cm³/mol. The van der Waals surface area contributed by atoms with Crippen LogP contribution in [0.5, 0.6) is 0 Å². The molecule has 0 saturated carbocycles. The van der Waals surface area contributed by atoms with E-state index in [1.54, 1.807) is 0 Å². The maximum atomic E-state index is 5.68. The van der Waals surface area contributed by atoms with Gasteiger partial charge in [-0.05, 0) is 36.2 Å². The number of aromatic amines is 1. The van der Waals surface area contributed by atoms with Crippen LogP contribution >= 0.6 is 15.9 Å². The summed E-state index contributed by atoms with van der Waals surface area (Å²) in [5, 5.41) is 0. The molecule has 19 heavy (non-hydrogen) atoms. The average Bonchev–Trinajstić information content (AvgIpc) is 2.83. The van der Waals surface area contributed by atoms with E-state index in [-0.39, 0.29) is 0 Å². The highest BCUT2D eigenvalue weighted by Gasteiger charge is 2.08. The van der Waals surface area contributed by atoms with Crippen LogP contribution < -0.4 is 5.73 Å². The Balaban J connectivity index is 2.17. The summed E-state index contributed by atoms with van der Waals surface area (Å²) in [6, 6.07) is 12.3. The Morgan fingerprint density at radius 2 is 2.11 bits per heavy atom. The van der Waals surface area contributed by atoms with Gasteiger partial charge in [0.05, 0.1) is 11.0 Å². The maximum absolute atomic E-state index is 5.68. The number of imidazole rings is 1. The number of nitrogens with two attached hydrogens (primary N) is 1. The molecule has 0 amide bonds. The minimum absolute atomic E-state index is 0.540. The largest absolute Gasteiger partial charge is 0.338 e. The van der Waals surface area contributed by atoms with Gasteiger partial charge in [0.2, 0.25) is 0 Å². The second-order valence-electron chi connectivity index (χ2n) is 4.61. The topological polar surface area (TPSA) is 54.7 Å². The molecule has 0 saturated heterocycles. The number of rotatable bonds is 2. The second kappa shape index (κ2) is 4.79. The lowest BCUT2D eigenvalue weighted by Gasteiger charge is -1.99. The van der Waals surface area contributed by atoms with E-state index in [9.17, 15) is 0 Å². The van der Waals surface area contributed by atoms with Gasteiger partial charge in [-0.1, -0.05) is 34.1 Å². The van der Waals surface area contributed by atoms with Gasteiger partial charge in [0.25, 0.3) is 0 Å². The smallest absolute Gasteiger partial charge is 0.138 e. The van der Waals surface area contributed by atoms with E-state index < -0.39 is 0 Å². The summed E-state index contributed by atoms with van der Waals surface area (Å²) in [4.78, 5) is 8.04. The predicted octanol–water partition coefficient (Wildman–Crippen LogP) is 3.76. The van der Waals surface area contributed by atoms with Gasteiger partial charge in [0.15, 0.2) is 0 Å². The first-order valence-corrected chi connectivity index (χ1v) is 6.92. The molecule has 1 heterocycles. The highest BCUT2D eigenvalue weighted by atomic mass is 79.9.